The van der Waals surface area contributed by atoms with Crippen LogP contribution in [0.1, 0.15) is 53.9 Å². The van der Waals surface area contributed by atoms with E-state index in [1.54, 1.807) is 37.1 Å². The molecule has 3 aliphatic rings. The van der Waals surface area contributed by atoms with E-state index in [2.05, 4.69) is 55.7 Å². The van der Waals surface area contributed by atoms with Gasteiger partial charge in [0.05, 0.1) is 6.20 Å². The summed E-state index contributed by atoms with van der Waals surface area (Å²) in [6, 6.07) is 11.9. The number of hydrogen-bond donors (Lipinski definition) is 2. The second kappa shape index (κ2) is 8.40. The van der Waals surface area contributed by atoms with Crippen molar-refractivity contribution in [2.45, 2.75) is 50.1 Å². The predicted molar refractivity (Wildman–Crippen MR) is 142 cm³/mol. The summed E-state index contributed by atoms with van der Waals surface area (Å²) in [6.45, 7) is 4.34. The molecule has 1 atom stereocenters. The zero-order chi connectivity index (χ0) is 25.1. The first kappa shape index (κ1) is 23.1. The number of aromatic nitrogens is 3. The Labute approximate surface area is 211 Å². The van der Waals surface area contributed by atoms with Crippen LogP contribution in [0.2, 0.25) is 0 Å². The molecule has 1 fully saturated rings. The number of likely N-dealkylation sites (N-methyl/N-ethyl adjacent to an activating group) is 1. The Morgan fingerprint density at radius 3 is 2.72 bits per heavy atom. The molecule has 2 aromatic heterocycles. The standard InChI is InChI=1S/C27H30N7OP/c1-34-16-18-13-20(12-17-6-4-7-21(24(17)18)27(34)10-11-27)30-26-29-15-19(14-28)25(33-26)32-22-8-5-9-23(31-22)36(2,3)35/h5,8-9,12-13,15,21H,4,6-7,10-11,16H2,1-3H3,(H2,29,30,31,32,33). The molecule has 1 unspecified atom stereocenters. The molecule has 184 valence electrons. The molecule has 1 aromatic carbocycles. The van der Waals surface area contributed by atoms with Crippen LogP contribution in [0.4, 0.5) is 23.3 Å². The zero-order valence-corrected chi connectivity index (χ0v) is 21.8. The van der Waals surface area contributed by atoms with Crippen LogP contribution in [0, 0.1) is 11.3 Å². The van der Waals surface area contributed by atoms with E-state index >= 15 is 0 Å². The van der Waals surface area contributed by atoms with E-state index in [0.717, 1.165) is 18.7 Å². The summed E-state index contributed by atoms with van der Waals surface area (Å²) in [4.78, 5) is 16.0. The molecule has 0 saturated heterocycles. The summed E-state index contributed by atoms with van der Waals surface area (Å²) in [5, 5.41) is 16.1. The van der Waals surface area contributed by atoms with Crippen LogP contribution in [-0.4, -0.2) is 45.8 Å². The molecular formula is C27H30N7OP. The molecule has 1 aliphatic heterocycles. The molecule has 8 nitrogen and oxygen atoms in total. The SMILES string of the molecule is CN1Cc2cc(Nc3ncc(C#N)c(Nc4cccc(P(C)(C)=O)n4)n3)cc3c2C(CCC3)C12CC2. The highest BCUT2D eigenvalue weighted by Crippen LogP contribution is 2.59. The van der Waals surface area contributed by atoms with Gasteiger partial charge in [0, 0.05) is 23.7 Å². The fourth-order valence-corrected chi connectivity index (χ4v) is 6.81. The molecule has 3 heterocycles. The van der Waals surface area contributed by atoms with Gasteiger partial charge in [-0.1, -0.05) is 6.07 Å². The van der Waals surface area contributed by atoms with Crippen molar-refractivity contribution in [2.75, 3.05) is 31.0 Å². The van der Waals surface area contributed by atoms with Crippen LogP contribution in [0.5, 0.6) is 0 Å². The fraction of sp³-hybridized carbons (Fsp3) is 0.407. The Bertz CT molecular complexity index is 1450. The lowest BCUT2D eigenvalue weighted by atomic mass is 9.72. The Morgan fingerprint density at radius 1 is 1.17 bits per heavy atom. The van der Waals surface area contributed by atoms with E-state index in [-0.39, 0.29) is 0 Å². The van der Waals surface area contributed by atoms with Crippen LogP contribution >= 0.6 is 7.14 Å². The lowest BCUT2D eigenvalue weighted by Gasteiger charge is -2.44. The summed E-state index contributed by atoms with van der Waals surface area (Å²) in [5.74, 6) is 1.90. The normalized spacial score (nSPS) is 19.9. The number of aryl methyl sites for hydroxylation is 1. The molecule has 2 aliphatic carbocycles. The van der Waals surface area contributed by atoms with Crippen molar-refractivity contribution in [3.63, 3.8) is 0 Å². The molecule has 1 saturated carbocycles. The van der Waals surface area contributed by atoms with Crippen molar-refractivity contribution in [2.24, 2.45) is 0 Å². The quantitative estimate of drug-likeness (QED) is 0.479. The van der Waals surface area contributed by atoms with Gasteiger partial charge in [0.25, 0.3) is 0 Å². The van der Waals surface area contributed by atoms with Gasteiger partial charge in [0.15, 0.2) is 5.82 Å². The summed E-state index contributed by atoms with van der Waals surface area (Å²) < 4.78 is 12.5. The summed E-state index contributed by atoms with van der Waals surface area (Å²) in [6.07, 6.45) is 7.75. The minimum Gasteiger partial charge on any atom is -0.324 e. The second-order valence-corrected chi connectivity index (χ2v) is 13.8. The number of anilines is 4. The highest BCUT2D eigenvalue weighted by atomic mass is 31.2. The maximum Gasteiger partial charge on any atom is 0.229 e. The molecule has 3 aromatic rings. The molecule has 9 heteroatoms. The van der Waals surface area contributed by atoms with Crippen molar-refractivity contribution in [3.8, 4) is 6.07 Å². The van der Waals surface area contributed by atoms with E-state index in [9.17, 15) is 9.83 Å². The number of nitrogens with zero attached hydrogens (tertiary/aromatic N) is 5. The molecule has 36 heavy (non-hydrogen) atoms. The lowest BCUT2D eigenvalue weighted by molar-refractivity contribution is 0.150. The number of hydrogen-bond acceptors (Lipinski definition) is 8. The van der Waals surface area contributed by atoms with E-state index in [1.165, 1.54) is 43.0 Å². The van der Waals surface area contributed by atoms with Crippen molar-refractivity contribution < 1.29 is 4.57 Å². The van der Waals surface area contributed by atoms with Gasteiger partial charge in [-0.15, -0.1) is 0 Å². The van der Waals surface area contributed by atoms with Crippen molar-refractivity contribution in [3.05, 3.63) is 58.8 Å². The third-order valence-corrected chi connectivity index (χ3v) is 9.27. The van der Waals surface area contributed by atoms with Crippen LogP contribution in [0.15, 0.2) is 36.5 Å². The number of benzene rings is 1. The first-order valence-corrected chi connectivity index (χ1v) is 15.1. The summed E-state index contributed by atoms with van der Waals surface area (Å²) >= 11 is 0. The van der Waals surface area contributed by atoms with Crippen molar-refractivity contribution >= 4 is 35.8 Å². The molecular weight excluding hydrogens is 469 g/mol. The molecule has 0 amide bonds. The van der Waals surface area contributed by atoms with Gasteiger partial charge >= 0.3 is 0 Å². The molecule has 0 bridgehead atoms. The molecule has 0 radical (unpaired) electrons. The maximum absolute atomic E-state index is 12.5. The lowest BCUT2D eigenvalue weighted by Crippen LogP contribution is -2.44. The topological polar surface area (TPSA) is 107 Å². The summed E-state index contributed by atoms with van der Waals surface area (Å²) in [5.41, 5.74) is 6.63. The number of fused-ring (bicyclic) bond motifs is 1. The van der Waals surface area contributed by atoms with Gasteiger partial charge in [0.1, 0.15) is 30.0 Å². The molecule has 2 N–H and O–H groups in total. The first-order chi connectivity index (χ1) is 17.3. The van der Waals surface area contributed by atoms with E-state index in [0.29, 0.717) is 40.0 Å². The van der Waals surface area contributed by atoms with Crippen molar-refractivity contribution in [1.29, 1.82) is 5.26 Å². The second-order valence-electron chi connectivity index (χ2n) is 10.7. The number of nitrogens with one attached hydrogen (secondary N) is 2. The largest absolute Gasteiger partial charge is 0.324 e. The van der Waals surface area contributed by atoms with E-state index < -0.39 is 7.14 Å². The maximum atomic E-state index is 12.5. The highest BCUT2D eigenvalue weighted by Gasteiger charge is 2.56. The Kier molecular flexibility index (Phi) is 5.40. The fourth-order valence-electron chi connectivity index (χ4n) is 6.01. The third-order valence-electron chi connectivity index (χ3n) is 7.92. The zero-order valence-electron chi connectivity index (χ0n) is 20.9. The van der Waals surface area contributed by atoms with Crippen molar-refractivity contribution in [1.82, 2.24) is 19.9 Å². The minimum absolute atomic E-state index is 0.309. The Balaban J connectivity index is 1.30. The monoisotopic (exact) mass is 499 g/mol. The van der Waals surface area contributed by atoms with Gasteiger partial charge in [-0.3, -0.25) is 4.90 Å². The van der Waals surface area contributed by atoms with E-state index in [1.807, 2.05) is 0 Å². The molecule has 1 spiro atoms. The Morgan fingerprint density at radius 2 is 1.97 bits per heavy atom. The van der Waals surface area contributed by atoms with Gasteiger partial charge in [-0.05, 0) is 93.4 Å². The van der Waals surface area contributed by atoms with Crippen LogP contribution in [0.25, 0.3) is 0 Å². The number of pyridine rings is 1. The first-order valence-electron chi connectivity index (χ1n) is 12.5. The van der Waals surface area contributed by atoms with Crippen LogP contribution in [0.3, 0.4) is 0 Å². The minimum atomic E-state index is -2.51. The number of rotatable bonds is 5. The molecule has 6 rings (SSSR count). The predicted octanol–water partition coefficient (Wildman–Crippen LogP) is 4.88. The third kappa shape index (κ3) is 3.97. The Hall–Kier alpha value is -3.27. The van der Waals surface area contributed by atoms with Crippen LogP contribution < -0.4 is 16.1 Å². The van der Waals surface area contributed by atoms with Gasteiger partial charge in [-0.2, -0.15) is 10.2 Å². The van der Waals surface area contributed by atoms with E-state index in [4.69, 9.17) is 0 Å². The van der Waals surface area contributed by atoms with Gasteiger partial charge in [0.2, 0.25) is 5.95 Å². The highest BCUT2D eigenvalue weighted by molar-refractivity contribution is 7.69. The van der Waals surface area contributed by atoms with Gasteiger partial charge in [-0.25, -0.2) is 9.97 Å². The summed E-state index contributed by atoms with van der Waals surface area (Å²) in [7, 11) is -0.246. The smallest absolute Gasteiger partial charge is 0.229 e. The van der Waals surface area contributed by atoms with Gasteiger partial charge < -0.3 is 15.2 Å². The number of nitriles is 1. The average molecular weight is 500 g/mol. The average Bonchev–Trinajstić information content (AvgIpc) is 3.65. The van der Waals surface area contributed by atoms with Crippen LogP contribution in [-0.2, 0) is 17.5 Å².